The largest absolute Gasteiger partial charge is 0.206 e. The molecule has 0 radical (unpaired) electrons. The standard InChI is InChI=1S/C13H19F/c1-4-6-11-8-9-12(7-5-2)13(14)10(11)3/h8-9H,4-7H2,1-3H3. The summed E-state index contributed by atoms with van der Waals surface area (Å²) in [5, 5.41) is 0. The van der Waals surface area contributed by atoms with Gasteiger partial charge in [-0.1, -0.05) is 38.8 Å². The third-order valence-electron chi connectivity index (χ3n) is 2.62. The number of aryl methyl sites for hydroxylation is 2. The molecule has 0 aromatic heterocycles. The molecule has 78 valence electrons. The molecule has 0 N–H and O–H groups in total. The van der Waals surface area contributed by atoms with Gasteiger partial charge in [-0.15, -0.1) is 0 Å². The minimum atomic E-state index is 0.0119. The van der Waals surface area contributed by atoms with Gasteiger partial charge in [-0.2, -0.15) is 0 Å². The summed E-state index contributed by atoms with van der Waals surface area (Å²) in [6.45, 7) is 6.09. The van der Waals surface area contributed by atoms with Crippen LogP contribution >= 0.6 is 0 Å². The smallest absolute Gasteiger partial charge is 0.129 e. The van der Waals surface area contributed by atoms with Crippen molar-refractivity contribution in [3.63, 3.8) is 0 Å². The summed E-state index contributed by atoms with van der Waals surface area (Å²) in [5.41, 5.74) is 2.87. The summed E-state index contributed by atoms with van der Waals surface area (Å²) in [4.78, 5) is 0. The highest BCUT2D eigenvalue weighted by molar-refractivity contribution is 5.33. The predicted molar refractivity (Wildman–Crippen MR) is 59.1 cm³/mol. The molecular formula is C13H19F. The van der Waals surface area contributed by atoms with Gasteiger partial charge < -0.3 is 0 Å². The van der Waals surface area contributed by atoms with E-state index in [4.69, 9.17) is 0 Å². The first-order valence-electron chi connectivity index (χ1n) is 5.47. The van der Waals surface area contributed by atoms with Crippen LogP contribution in [0, 0.1) is 12.7 Å². The van der Waals surface area contributed by atoms with Gasteiger partial charge in [0.15, 0.2) is 0 Å². The molecule has 0 bridgehead atoms. The summed E-state index contributed by atoms with van der Waals surface area (Å²) >= 11 is 0. The zero-order valence-corrected chi connectivity index (χ0v) is 9.36. The van der Waals surface area contributed by atoms with Gasteiger partial charge in [0.05, 0.1) is 0 Å². The molecule has 1 heteroatoms. The van der Waals surface area contributed by atoms with E-state index in [1.807, 2.05) is 13.0 Å². The number of hydrogen-bond acceptors (Lipinski definition) is 0. The van der Waals surface area contributed by atoms with Crippen molar-refractivity contribution in [3.05, 3.63) is 34.6 Å². The van der Waals surface area contributed by atoms with E-state index in [9.17, 15) is 4.39 Å². The fourth-order valence-corrected chi connectivity index (χ4v) is 1.78. The Morgan fingerprint density at radius 2 is 1.50 bits per heavy atom. The molecule has 0 aliphatic rings. The van der Waals surface area contributed by atoms with E-state index in [0.29, 0.717) is 0 Å². The minimum Gasteiger partial charge on any atom is -0.206 e. The SMILES string of the molecule is CCCc1ccc(CCC)c(F)c1C. The van der Waals surface area contributed by atoms with Gasteiger partial charge in [0.2, 0.25) is 0 Å². The molecule has 1 aromatic rings. The molecule has 0 amide bonds. The fraction of sp³-hybridized carbons (Fsp3) is 0.538. The molecule has 0 aliphatic carbocycles. The third kappa shape index (κ3) is 2.34. The lowest BCUT2D eigenvalue weighted by molar-refractivity contribution is 0.595. The van der Waals surface area contributed by atoms with Crippen LogP contribution in [0.2, 0.25) is 0 Å². The van der Waals surface area contributed by atoms with E-state index in [-0.39, 0.29) is 5.82 Å². The minimum absolute atomic E-state index is 0.0119. The molecule has 1 rings (SSSR count). The Kier molecular flexibility index (Phi) is 4.12. The van der Waals surface area contributed by atoms with Gasteiger partial charge in [-0.3, -0.25) is 0 Å². The molecule has 0 saturated carbocycles. The maximum atomic E-state index is 13.8. The maximum absolute atomic E-state index is 13.8. The van der Waals surface area contributed by atoms with Crippen molar-refractivity contribution in [2.24, 2.45) is 0 Å². The van der Waals surface area contributed by atoms with Crippen molar-refractivity contribution in [1.29, 1.82) is 0 Å². The molecule has 0 atom stereocenters. The summed E-state index contributed by atoms with van der Waals surface area (Å²) < 4.78 is 13.8. The number of hydrogen-bond donors (Lipinski definition) is 0. The molecule has 0 spiro atoms. The van der Waals surface area contributed by atoms with Crippen LogP contribution in [0.1, 0.15) is 43.4 Å². The molecule has 0 aliphatic heterocycles. The van der Waals surface area contributed by atoms with Gasteiger partial charge in [0.1, 0.15) is 5.82 Å². The lowest BCUT2D eigenvalue weighted by atomic mass is 9.99. The van der Waals surface area contributed by atoms with Crippen molar-refractivity contribution in [1.82, 2.24) is 0 Å². The maximum Gasteiger partial charge on any atom is 0.129 e. The zero-order chi connectivity index (χ0) is 10.6. The van der Waals surface area contributed by atoms with Crippen LogP contribution in [0.25, 0.3) is 0 Å². The monoisotopic (exact) mass is 194 g/mol. The van der Waals surface area contributed by atoms with Crippen LogP contribution in [0.4, 0.5) is 4.39 Å². The number of rotatable bonds is 4. The van der Waals surface area contributed by atoms with Crippen molar-refractivity contribution in [2.45, 2.75) is 46.5 Å². The average Bonchev–Trinajstić information content (AvgIpc) is 2.18. The molecule has 14 heavy (non-hydrogen) atoms. The molecule has 0 nitrogen and oxygen atoms in total. The Balaban J connectivity index is 2.99. The summed E-state index contributed by atoms with van der Waals surface area (Å²) in [6.07, 6.45) is 3.91. The Hall–Kier alpha value is -0.850. The van der Waals surface area contributed by atoms with E-state index >= 15 is 0 Å². The highest BCUT2D eigenvalue weighted by atomic mass is 19.1. The van der Waals surface area contributed by atoms with Crippen molar-refractivity contribution < 1.29 is 4.39 Å². The average molecular weight is 194 g/mol. The van der Waals surface area contributed by atoms with Crippen LogP contribution in [-0.2, 0) is 12.8 Å². The lowest BCUT2D eigenvalue weighted by Gasteiger charge is -2.09. The fourth-order valence-electron chi connectivity index (χ4n) is 1.78. The van der Waals surface area contributed by atoms with Gasteiger partial charge in [0.25, 0.3) is 0 Å². The summed E-state index contributed by atoms with van der Waals surface area (Å²) in [7, 11) is 0. The Bertz CT molecular complexity index is 271. The van der Waals surface area contributed by atoms with E-state index in [1.165, 1.54) is 0 Å². The first-order valence-corrected chi connectivity index (χ1v) is 5.47. The Labute approximate surface area is 86.2 Å². The second-order valence-corrected chi connectivity index (χ2v) is 3.82. The van der Waals surface area contributed by atoms with Gasteiger partial charge in [-0.05, 0) is 36.5 Å². The van der Waals surface area contributed by atoms with E-state index < -0.39 is 0 Å². The highest BCUT2D eigenvalue weighted by Crippen LogP contribution is 2.19. The molecule has 0 heterocycles. The van der Waals surface area contributed by atoms with Crippen molar-refractivity contribution >= 4 is 0 Å². The van der Waals surface area contributed by atoms with Gasteiger partial charge in [0, 0.05) is 0 Å². The van der Waals surface area contributed by atoms with E-state index in [0.717, 1.165) is 42.4 Å². The van der Waals surface area contributed by atoms with E-state index in [1.54, 1.807) is 0 Å². The molecule has 0 unspecified atom stereocenters. The first kappa shape index (κ1) is 11.2. The van der Waals surface area contributed by atoms with E-state index in [2.05, 4.69) is 19.9 Å². The van der Waals surface area contributed by atoms with Crippen LogP contribution in [0.3, 0.4) is 0 Å². The lowest BCUT2D eigenvalue weighted by Crippen LogP contribution is -1.98. The van der Waals surface area contributed by atoms with Gasteiger partial charge >= 0.3 is 0 Å². The Morgan fingerprint density at radius 3 is 2.07 bits per heavy atom. The normalized spacial score (nSPS) is 10.6. The summed E-state index contributed by atoms with van der Waals surface area (Å²) in [5.74, 6) is 0.0119. The topological polar surface area (TPSA) is 0 Å². The van der Waals surface area contributed by atoms with Crippen LogP contribution < -0.4 is 0 Å². The molecule has 1 aromatic carbocycles. The molecule has 0 saturated heterocycles. The number of halogens is 1. The van der Waals surface area contributed by atoms with Gasteiger partial charge in [-0.25, -0.2) is 4.39 Å². The van der Waals surface area contributed by atoms with Crippen LogP contribution in [0.5, 0.6) is 0 Å². The zero-order valence-electron chi connectivity index (χ0n) is 9.36. The van der Waals surface area contributed by atoms with Crippen molar-refractivity contribution in [3.8, 4) is 0 Å². The predicted octanol–water partition coefficient (Wildman–Crippen LogP) is 4.04. The molecular weight excluding hydrogens is 175 g/mol. The van der Waals surface area contributed by atoms with Crippen molar-refractivity contribution in [2.75, 3.05) is 0 Å². The first-order chi connectivity index (χ1) is 6.70. The second kappa shape index (κ2) is 5.14. The van der Waals surface area contributed by atoms with Crippen LogP contribution in [-0.4, -0.2) is 0 Å². The number of benzene rings is 1. The molecule has 0 fully saturated rings. The highest BCUT2D eigenvalue weighted by Gasteiger charge is 2.07. The second-order valence-electron chi connectivity index (χ2n) is 3.82. The summed E-state index contributed by atoms with van der Waals surface area (Å²) in [6, 6.07) is 4.02. The van der Waals surface area contributed by atoms with Crippen LogP contribution in [0.15, 0.2) is 12.1 Å². The third-order valence-corrected chi connectivity index (χ3v) is 2.62. The Morgan fingerprint density at radius 1 is 1.00 bits per heavy atom. The quantitative estimate of drug-likeness (QED) is 0.678.